The summed E-state index contributed by atoms with van der Waals surface area (Å²) in [5.74, 6) is -2.24. The molecular formula is C38H29ClFN3O4S. The van der Waals surface area contributed by atoms with Crippen LogP contribution in [0.4, 0.5) is 15.8 Å². The first kappa shape index (κ1) is 33.8. The number of carbonyl (C=O) groups is 4. The highest BCUT2D eigenvalue weighted by Gasteiger charge is 2.23. The Kier molecular flexibility index (Phi) is 11.2. The molecule has 3 N–H and O–H groups in total. The minimum absolute atomic E-state index is 0.0514. The Bertz CT molecular complexity index is 1950. The molecule has 0 heterocycles. The van der Waals surface area contributed by atoms with Crippen molar-refractivity contribution in [1.29, 1.82) is 0 Å². The molecule has 1 unspecified atom stereocenters. The fourth-order valence-electron chi connectivity index (χ4n) is 4.58. The van der Waals surface area contributed by atoms with Gasteiger partial charge in [-0.15, -0.1) is 11.8 Å². The van der Waals surface area contributed by atoms with E-state index in [4.69, 9.17) is 11.6 Å². The number of amides is 3. The molecule has 0 aliphatic carbocycles. The lowest BCUT2D eigenvalue weighted by Crippen LogP contribution is -2.30. The Hall–Kier alpha value is -5.51. The van der Waals surface area contributed by atoms with E-state index >= 15 is 0 Å². The third-order valence-corrected chi connectivity index (χ3v) is 8.68. The lowest BCUT2D eigenvalue weighted by atomic mass is 10.1. The van der Waals surface area contributed by atoms with Crippen molar-refractivity contribution in [3.05, 3.63) is 166 Å². The first-order valence-electron chi connectivity index (χ1n) is 14.7. The maximum Gasteiger partial charge on any atom is 0.272 e. The molecule has 0 saturated heterocycles. The van der Waals surface area contributed by atoms with Crippen molar-refractivity contribution in [3.8, 4) is 0 Å². The summed E-state index contributed by atoms with van der Waals surface area (Å²) in [6.45, 7) is 1.48. The van der Waals surface area contributed by atoms with Crippen LogP contribution in [-0.4, -0.2) is 23.5 Å². The quantitative estimate of drug-likeness (QED) is 0.0738. The number of Topliss-reactive ketones (excluding diaryl/α,β-unsaturated/α-hetero) is 1. The van der Waals surface area contributed by atoms with Crippen LogP contribution in [0, 0.1) is 5.82 Å². The number of nitrogens with one attached hydrogen (secondary N) is 3. The number of benzene rings is 5. The van der Waals surface area contributed by atoms with Gasteiger partial charge >= 0.3 is 0 Å². The molecule has 5 aromatic carbocycles. The molecule has 48 heavy (non-hydrogen) atoms. The molecule has 5 rings (SSSR count). The van der Waals surface area contributed by atoms with Crippen LogP contribution in [0.1, 0.15) is 44.0 Å². The number of ketones is 1. The van der Waals surface area contributed by atoms with Crippen LogP contribution in [0.5, 0.6) is 0 Å². The number of thioether (sulfide) groups is 1. The fourth-order valence-corrected chi connectivity index (χ4v) is 5.83. The summed E-state index contributed by atoms with van der Waals surface area (Å²) >= 11 is 7.53. The third-order valence-electron chi connectivity index (χ3n) is 7.08. The minimum Gasteiger partial charge on any atom is -0.325 e. The summed E-state index contributed by atoms with van der Waals surface area (Å²) in [5, 5.41) is 7.69. The van der Waals surface area contributed by atoms with Crippen LogP contribution in [0.2, 0.25) is 5.02 Å². The van der Waals surface area contributed by atoms with Crippen molar-refractivity contribution < 1.29 is 23.6 Å². The van der Waals surface area contributed by atoms with Crippen LogP contribution in [0.3, 0.4) is 0 Å². The number of hydrogen-bond acceptors (Lipinski definition) is 5. The first-order chi connectivity index (χ1) is 23.2. The van der Waals surface area contributed by atoms with Crippen LogP contribution in [-0.2, 0) is 9.59 Å². The molecule has 3 amide bonds. The van der Waals surface area contributed by atoms with Crippen molar-refractivity contribution in [2.24, 2.45) is 0 Å². The molecule has 0 aromatic heterocycles. The number of halogens is 2. The van der Waals surface area contributed by atoms with Crippen molar-refractivity contribution in [2.75, 3.05) is 10.6 Å². The summed E-state index contributed by atoms with van der Waals surface area (Å²) in [6.07, 6.45) is 1.19. The molecule has 0 radical (unpaired) electrons. The van der Waals surface area contributed by atoms with Gasteiger partial charge < -0.3 is 16.0 Å². The zero-order chi connectivity index (χ0) is 34.0. The van der Waals surface area contributed by atoms with Crippen LogP contribution in [0.15, 0.2) is 138 Å². The molecule has 7 nitrogen and oxygen atoms in total. The maximum atomic E-state index is 14.6. The molecule has 5 aromatic rings. The van der Waals surface area contributed by atoms with Gasteiger partial charge in [0, 0.05) is 33.0 Å². The fraction of sp³-hybridized carbons (Fsp3) is 0.0526. The van der Waals surface area contributed by atoms with E-state index in [-0.39, 0.29) is 28.0 Å². The van der Waals surface area contributed by atoms with Crippen LogP contribution in [0.25, 0.3) is 6.08 Å². The predicted octanol–water partition coefficient (Wildman–Crippen LogP) is 8.56. The summed E-state index contributed by atoms with van der Waals surface area (Å²) in [7, 11) is 0. The average molecular weight is 678 g/mol. The highest BCUT2D eigenvalue weighted by Crippen LogP contribution is 2.37. The maximum absolute atomic E-state index is 14.6. The number of rotatable bonds is 11. The molecule has 0 spiro atoms. The highest BCUT2D eigenvalue weighted by molar-refractivity contribution is 8.00. The van der Waals surface area contributed by atoms with Crippen molar-refractivity contribution in [1.82, 2.24) is 5.32 Å². The molecule has 0 aliphatic rings. The molecule has 1 atom stereocenters. The van der Waals surface area contributed by atoms with Gasteiger partial charge in [-0.25, -0.2) is 4.39 Å². The molecule has 240 valence electrons. The Labute approximate surface area is 286 Å². The lowest BCUT2D eigenvalue weighted by Gasteiger charge is -2.18. The lowest BCUT2D eigenvalue weighted by molar-refractivity contribution is -0.116. The summed E-state index contributed by atoms with van der Waals surface area (Å²) in [4.78, 5) is 52.2. The van der Waals surface area contributed by atoms with Gasteiger partial charge in [0.15, 0.2) is 5.78 Å². The van der Waals surface area contributed by atoms with E-state index in [1.807, 2.05) is 30.3 Å². The van der Waals surface area contributed by atoms with Gasteiger partial charge in [-0.05, 0) is 91.4 Å². The zero-order valence-electron chi connectivity index (χ0n) is 25.6. The summed E-state index contributed by atoms with van der Waals surface area (Å²) in [5.41, 5.74) is 2.33. The summed E-state index contributed by atoms with van der Waals surface area (Å²) < 4.78 is 14.6. The number of hydrogen-bond donors (Lipinski definition) is 3. The monoisotopic (exact) mass is 677 g/mol. The second-order valence-electron chi connectivity index (χ2n) is 10.5. The average Bonchev–Trinajstić information content (AvgIpc) is 3.10. The smallest absolute Gasteiger partial charge is 0.272 e. The van der Waals surface area contributed by atoms with E-state index in [2.05, 4.69) is 16.0 Å². The van der Waals surface area contributed by atoms with E-state index < -0.39 is 22.9 Å². The van der Waals surface area contributed by atoms with Crippen LogP contribution < -0.4 is 16.0 Å². The Morgan fingerprint density at radius 2 is 1.31 bits per heavy atom. The van der Waals surface area contributed by atoms with E-state index in [9.17, 15) is 23.6 Å². The number of anilines is 2. The molecule has 10 heteroatoms. The van der Waals surface area contributed by atoms with Gasteiger partial charge in [0.05, 0.1) is 5.02 Å². The second kappa shape index (κ2) is 15.9. The third kappa shape index (κ3) is 8.85. The second-order valence-corrected chi connectivity index (χ2v) is 12.1. The molecule has 0 aliphatic heterocycles. The molecule has 0 fully saturated rings. The molecule has 0 saturated carbocycles. The van der Waals surface area contributed by atoms with Crippen molar-refractivity contribution >= 4 is 64.3 Å². The highest BCUT2D eigenvalue weighted by atomic mass is 35.5. The Morgan fingerprint density at radius 3 is 1.94 bits per heavy atom. The van der Waals surface area contributed by atoms with E-state index in [1.54, 1.807) is 78.9 Å². The SMILES string of the molecule is CC(=O)c1ccc(NC(=O)C(Sc2ccc(NC(=O)/C(=C/c3c(F)cccc3Cl)NC(=O)c3ccccc3)cc2)c2ccccc2)cc1. The van der Waals surface area contributed by atoms with Gasteiger partial charge in [0.2, 0.25) is 5.91 Å². The standard InChI is InChI=1S/C38H29ClFN3O4S/c1-24(44)25-15-17-28(18-16-25)42-38(47)35(26-9-4-2-5-10-26)48-30-21-19-29(20-22-30)41-37(46)34(23-31-32(39)13-8-14-33(31)40)43-36(45)27-11-6-3-7-12-27/h2-23,35H,1H3,(H,41,46)(H,42,47)(H,43,45)/b34-23-. The molecular weight excluding hydrogens is 649 g/mol. The van der Waals surface area contributed by atoms with Crippen molar-refractivity contribution in [3.63, 3.8) is 0 Å². The van der Waals surface area contributed by atoms with Gasteiger partial charge in [-0.2, -0.15) is 0 Å². The van der Waals surface area contributed by atoms with Gasteiger partial charge in [0.25, 0.3) is 11.8 Å². The minimum atomic E-state index is -0.698. The summed E-state index contributed by atoms with van der Waals surface area (Å²) in [6, 6.07) is 35.3. The number of carbonyl (C=O) groups excluding carboxylic acids is 4. The van der Waals surface area contributed by atoms with Gasteiger partial charge in [-0.1, -0.05) is 66.2 Å². The van der Waals surface area contributed by atoms with E-state index in [0.717, 1.165) is 10.5 Å². The largest absolute Gasteiger partial charge is 0.325 e. The topological polar surface area (TPSA) is 104 Å². The van der Waals surface area contributed by atoms with Crippen molar-refractivity contribution in [2.45, 2.75) is 17.1 Å². The first-order valence-corrected chi connectivity index (χ1v) is 16.0. The zero-order valence-corrected chi connectivity index (χ0v) is 27.1. The van der Waals surface area contributed by atoms with Gasteiger partial charge in [0.1, 0.15) is 16.8 Å². The van der Waals surface area contributed by atoms with Crippen LogP contribution >= 0.6 is 23.4 Å². The Morgan fingerprint density at radius 1 is 0.708 bits per heavy atom. The Balaban J connectivity index is 1.34. The molecule has 0 bridgehead atoms. The van der Waals surface area contributed by atoms with E-state index in [0.29, 0.717) is 22.5 Å². The van der Waals surface area contributed by atoms with Gasteiger partial charge in [-0.3, -0.25) is 19.2 Å². The normalized spacial score (nSPS) is 11.7. The predicted molar refractivity (Wildman–Crippen MR) is 188 cm³/mol. The van der Waals surface area contributed by atoms with E-state index in [1.165, 1.54) is 43.0 Å².